The van der Waals surface area contributed by atoms with Gasteiger partial charge in [-0.3, -0.25) is 9.59 Å². The molecule has 5 nitrogen and oxygen atoms in total. The first-order valence-electron chi connectivity index (χ1n) is 12.6. The van der Waals surface area contributed by atoms with Crippen LogP contribution in [0.1, 0.15) is 84.0 Å². The number of nitrogens with zero attached hydrogens (tertiary/aromatic N) is 2. The highest BCUT2D eigenvalue weighted by Crippen LogP contribution is 2.26. The number of carbonyl (C=O) groups excluding carboxylic acids is 2. The van der Waals surface area contributed by atoms with Gasteiger partial charge in [0.15, 0.2) is 0 Å². The van der Waals surface area contributed by atoms with Crippen LogP contribution in [0.4, 0.5) is 11.4 Å². The Morgan fingerprint density at radius 1 is 0.871 bits per heavy atom. The minimum Gasteiger partial charge on any atom is -0.368 e. The maximum atomic E-state index is 12.8. The first-order valence-corrected chi connectivity index (χ1v) is 12.6. The van der Waals surface area contributed by atoms with E-state index in [2.05, 4.69) is 34.2 Å². The second kappa shape index (κ2) is 12.7. The molecule has 0 unspecified atom stereocenters. The Morgan fingerprint density at radius 2 is 1.52 bits per heavy atom. The average molecular weight is 428 g/mol. The van der Waals surface area contributed by atoms with Crippen LogP contribution in [0.2, 0.25) is 0 Å². The molecule has 1 aromatic carbocycles. The number of carbonyl (C=O) groups is 2. The van der Waals surface area contributed by atoms with Gasteiger partial charge in [0.2, 0.25) is 11.8 Å². The van der Waals surface area contributed by atoms with Gasteiger partial charge in [-0.25, -0.2) is 0 Å². The molecule has 1 N–H and O–H groups in total. The van der Waals surface area contributed by atoms with E-state index in [0.29, 0.717) is 12.3 Å². The van der Waals surface area contributed by atoms with Crippen molar-refractivity contribution in [1.29, 1.82) is 0 Å². The van der Waals surface area contributed by atoms with Crippen molar-refractivity contribution >= 4 is 23.2 Å². The highest BCUT2D eigenvalue weighted by molar-refractivity contribution is 5.90. The van der Waals surface area contributed by atoms with E-state index < -0.39 is 0 Å². The average Bonchev–Trinajstić information content (AvgIpc) is 2.82. The van der Waals surface area contributed by atoms with Crippen LogP contribution in [0, 0.1) is 5.92 Å². The molecule has 1 aliphatic carbocycles. The molecule has 1 saturated heterocycles. The smallest absolute Gasteiger partial charge is 0.225 e. The lowest BCUT2D eigenvalue weighted by molar-refractivity contribution is -0.136. The molecule has 0 radical (unpaired) electrons. The van der Waals surface area contributed by atoms with Gasteiger partial charge in [0.1, 0.15) is 0 Å². The highest BCUT2D eigenvalue weighted by Gasteiger charge is 2.28. The highest BCUT2D eigenvalue weighted by atomic mass is 16.2. The summed E-state index contributed by atoms with van der Waals surface area (Å²) in [6.07, 6.45) is 13.6. The molecule has 0 aromatic heterocycles. The van der Waals surface area contributed by atoms with Gasteiger partial charge in [0, 0.05) is 49.9 Å². The summed E-state index contributed by atoms with van der Waals surface area (Å²) >= 11 is 0. The Kier molecular flexibility index (Phi) is 9.70. The third-order valence-corrected chi connectivity index (χ3v) is 6.82. The molecule has 5 heteroatoms. The molecular formula is C26H41N3O2. The topological polar surface area (TPSA) is 52.7 Å². The number of amides is 2. The summed E-state index contributed by atoms with van der Waals surface area (Å²) < 4.78 is 0. The van der Waals surface area contributed by atoms with E-state index in [-0.39, 0.29) is 11.8 Å². The van der Waals surface area contributed by atoms with Crippen LogP contribution < -0.4 is 10.2 Å². The number of rotatable bonds is 10. The Bertz CT molecular complexity index is 674. The number of unbranched alkanes of at least 4 members (excludes halogenated alkanes) is 5. The summed E-state index contributed by atoms with van der Waals surface area (Å²) in [5.41, 5.74) is 2.03. The van der Waals surface area contributed by atoms with Crippen LogP contribution in [-0.2, 0) is 9.59 Å². The van der Waals surface area contributed by atoms with Crippen molar-refractivity contribution in [2.45, 2.75) is 84.0 Å². The van der Waals surface area contributed by atoms with Gasteiger partial charge in [-0.2, -0.15) is 0 Å². The number of hydrogen-bond acceptors (Lipinski definition) is 3. The minimum atomic E-state index is 0.109. The molecule has 1 saturated carbocycles. The first-order chi connectivity index (χ1) is 15.2. The van der Waals surface area contributed by atoms with Gasteiger partial charge >= 0.3 is 0 Å². The fraction of sp³-hybridized carbons (Fsp3) is 0.692. The summed E-state index contributed by atoms with van der Waals surface area (Å²) in [5, 5.41) is 3.02. The molecule has 1 heterocycles. The molecule has 0 bridgehead atoms. The fourth-order valence-corrected chi connectivity index (χ4v) is 4.84. The molecule has 31 heavy (non-hydrogen) atoms. The summed E-state index contributed by atoms with van der Waals surface area (Å²) in [5.74, 6) is 0.750. The van der Waals surface area contributed by atoms with Crippen LogP contribution in [0.15, 0.2) is 24.3 Å². The number of piperazine rings is 1. The molecule has 172 valence electrons. The molecule has 3 rings (SSSR count). The lowest BCUT2D eigenvalue weighted by atomic mass is 9.88. The maximum absolute atomic E-state index is 12.8. The van der Waals surface area contributed by atoms with Crippen LogP contribution >= 0.6 is 0 Å². The van der Waals surface area contributed by atoms with E-state index in [0.717, 1.165) is 57.5 Å². The van der Waals surface area contributed by atoms with Gasteiger partial charge in [-0.1, -0.05) is 58.3 Å². The van der Waals surface area contributed by atoms with Crippen LogP contribution in [-0.4, -0.2) is 42.9 Å². The number of benzene rings is 1. The van der Waals surface area contributed by atoms with Gasteiger partial charge < -0.3 is 15.1 Å². The Balaban J connectivity index is 1.37. The van der Waals surface area contributed by atoms with Crippen molar-refractivity contribution in [2.24, 2.45) is 5.92 Å². The largest absolute Gasteiger partial charge is 0.368 e. The monoisotopic (exact) mass is 427 g/mol. The number of anilines is 2. The SMILES string of the molecule is CCCCCCCCC(=O)Nc1ccc(N2CCN(C(=O)C3CCCCC3)CC2)cc1. The van der Waals surface area contributed by atoms with Crippen LogP contribution in [0.25, 0.3) is 0 Å². The van der Waals surface area contributed by atoms with Crippen LogP contribution in [0.5, 0.6) is 0 Å². The number of hydrogen-bond donors (Lipinski definition) is 1. The molecule has 0 atom stereocenters. The Morgan fingerprint density at radius 3 is 2.19 bits per heavy atom. The summed E-state index contributed by atoms with van der Waals surface area (Å²) in [7, 11) is 0. The van der Waals surface area contributed by atoms with Crippen molar-refractivity contribution in [3.05, 3.63) is 24.3 Å². The van der Waals surface area contributed by atoms with E-state index in [9.17, 15) is 9.59 Å². The first kappa shape index (κ1) is 23.6. The fourth-order valence-electron chi connectivity index (χ4n) is 4.84. The minimum absolute atomic E-state index is 0.109. The van der Waals surface area contributed by atoms with Gasteiger partial charge in [-0.15, -0.1) is 0 Å². The Labute approximate surface area is 188 Å². The molecular weight excluding hydrogens is 386 g/mol. The van der Waals surface area contributed by atoms with E-state index in [4.69, 9.17) is 0 Å². The summed E-state index contributed by atoms with van der Waals surface area (Å²) in [4.78, 5) is 29.3. The van der Waals surface area contributed by atoms with E-state index in [1.54, 1.807) is 0 Å². The number of nitrogens with one attached hydrogen (secondary N) is 1. The summed E-state index contributed by atoms with van der Waals surface area (Å²) in [6.45, 7) is 5.60. The standard InChI is InChI=1S/C26H41N3O2/c1-2-3-4-5-6-10-13-25(30)27-23-14-16-24(17-15-23)28-18-20-29(21-19-28)26(31)22-11-8-7-9-12-22/h14-17,22H,2-13,18-21H2,1H3,(H,27,30). The molecule has 1 aromatic rings. The zero-order valence-corrected chi connectivity index (χ0v) is 19.4. The van der Waals surface area contributed by atoms with E-state index in [1.165, 1.54) is 50.6 Å². The van der Waals surface area contributed by atoms with E-state index in [1.807, 2.05) is 12.1 Å². The third kappa shape index (κ3) is 7.55. The molecule has 1 aliphatic heterocycles. The zero-order chi connectivity index (χ0) is 21.9. The Hall–Kier alpha value is -2.04. The van der Waals surface area contributed by atoms with Crippen molar-refractivity contribution in [2.75, 3.05) is 36.4 Å². The zero-order valence-electron chi connectivity index (χ0n) is 19.4. The molecule has 2 aliphatic rings. The molecule has 2 fully saturated rings. The van der Waals surface area contributed by atoms with Crippen molar-refractivity contribution in [1.82, 2.24) is 4.90 Å². The second-order valence-corrected chi connectivity index (χ2v) is 9.26. The van der Waals surface area contributed by atoms with Crippen molar-refractivity contribution < 1.29 is 9.59 Å². The second-order valence-electron chi connectivity index (χ2n) is 9.26. The van der Waals surface area contributed by atoms with Gasteiger partial charge in [-0.05, 0) is 43.5 Å². The third-order valence-electron chi connectivity index (χ3n) is 6.82. The molecule has 2 amide bonds. The maximum Gasteiger partial charge on any atom is 0.225 e. The van der Waals surface area contributed by atoms with Crippen LogP contribution in [0.3, 0.4) is 0 Å². The van der Waals surface area contributed by atoms with E-state index >= 15 is 0 Å². The predicted molar refractivity (Wildman–Crippen MR) is 128 cm³/mol. The normalized spacial score (nSPS) is 17.6. The van der Waals surface area contributed by atoms with Crippen molar-refractivity contribution in [3.8, 4) is 0 Å². The predicted octanol–water partition coefficient (Wildman–Crippen LogP) is 5.60. The summed E-state index contributed by atoms with van der Waals surface area (Å²) in [6, 6.07) is 8.15. The van der Waals surface area contributed by atoms with Gasteiger partial charge in [0.05, 0.1) is 0 Å². The molecule has 0 spiro atoms. The van der Waals surface area contributed by atoms with Gasteiger partial charge in [0.25, 0.3) is 0 Å². The lowest BCUT2D eigenvalue weighted by Crippen LogP contribution is -2.50. The lowest BCUT2D eigenvalue weighted by Gasteiger charge is -2.38. The quantitative estimate of drug-likeness (QED) is 0.494. The van der Waals surface area contributed by atoms with Crippen molar-refractivity contribution in [3.63, 3.8) is 0 Å².